The lowest BCUT2D eigenvalue weighted by Gasteiger charge is -2.22. The highest BCUT2D eigenvalue weighted by molar-refractivity contribution is 5.76. The normalized spacial score (nSPS) is 12.5. The van der Waals surface area contributed by atoms with Gasteiger partial charge in [-0.1, -0.05) is 290 Å². The van der Waals surface area contributed by atoms with Crippen LogP contribution in [-0.2, 0) is 14.3 Å². The zero-order chi connectivity index (χ0) is 45.8. The SMILES string of the molecule is CCCCCCCCCCCCCCCCCCCCCCCCCCC(O)C(CO)NC(=O)CCCCCCCCCCCCOC(=O)CCCCCCCCCCCCCC. The average molecular weight is 893 g/mol. The van der Waals surface area contributed by atoms with Crippen molar-refractivity contribution in [2.45, 2.75) is 341 Å². The summed E-state index contributed by atoms with van der Waals surface area (Å²) in [6.45, 7) is 4.93. The van der Waals surface area contributed by atoms with E-state index in [1.54, 1.807) is 0 Å². The molecule has 0 aromatic carbocycles. The molecule has 2 atom stereocenters. The maximum absolute atomic E-state index is 12.5. The lowest BCUT2D eigenvalue weighted by atomic mass is 10.0. The van der Waals surface area contributed by atoms with E-state index in [0.717, 1.165) is 57.8 Å². The van der Waals surface area contributed by atoms with Gasteiger partial charge in [0.2, 0.25) is 5.91 Å². The molecular formula is C57H113NO5. The van der Waals surface area contributed by atoms with Gasteiger partial charge >= 0.3 is 5.97 Å². The number of carbonyl (C=O) groups excluding carboxylic acids is 2. The third kappa shape index (κ3) is 50.1. The number of amides is 1. The molecule has 0 heterocycles. The quantitative estimate of drug-likeness (QED) is 0.0418. The van der Waals surface area contributed by atoms with Gasteiger partial charge in [0.05, 0.1) is 25.4 Å². The fraction of sp³-hybridized carbons (Fsp3) is 0.965. The zero-order valence-corrected chi connectivity index (χ0v) is 42.8. The van der Waals surface area contributed by atoms with Gasteiger partial charge in [0, 0.05) is 12.8 Å². The van der Waals surface area contributed by atoms with E-state index in [4.69, 9.17) is 4.74 Å². The fourth-order valence-electron chi connectivity index (χ4n) is 9.23. The summed E-state index contributed by atoms with van der Waals surface area (Å²) in [5.41, 5.74) is 0. The van der Waals surface area contributed by atoms with Crippen molar-refractivity contribution in [3.8, 4) is 0 Å². The first-order valence-corrected chi connectivity index (χ1v) is 28.8. The molecule has 0 fully saturated rings. The van der Waals surface area contributed by atoms with Crippen LogP contribution in [-0.4, -0.2) is 47.4 Å². The second-order valence-corrected chi connectivity index (χ2v) is 20.0. The molecule has 0 aliphatic carbocycles. The number of rotatable bonds is 54. The number of ether oxygens (including phenoxy) is 1. The van der Waals surface area contributed by atoms with Gasteiger partial charge in [0.15, 0.2) is 0 Å². The second kappa shape index (κ2) is 53.5. The molecule has 0 aromatic rings. The number of aliphatic hydroxyl groups is 2. The summed E-state index contributed by atoms with van der Waals surface area (Å²) in [5.74, 6) is -0.0696. The van der Waals surface area contributed by atoms with Crippen LogP contribution in [0.25, 0.3) is 0 Å². The lowest BCUT2D eigenvalue weighted by Crippen LogP contribution is -2.45. The first kappa shape index (κ1) is 61.9. The molecule has 3 N–H and O–H groups in total. The highest BCUT2D eigenvalue weighted by atomic mass is 16.5. The van der Waals surface area contributed by atoms with Crippen LogP contribution in [0.2, 0.25) is 0 Å². The van der Waals surface area contributed by atoms with E-state index in [2.05, 4.69) is 19.2 Å². The fourth-order valence-corrected chi connectivity index (χ4v) is 9.23. The van der Waals surface area contributed by atoms with Crippen molar-refractivity contribution >= 4 is 11.9 Å². The van der Waals surface area contributed by atoms with Crippen molar-refractivity contribution in [1.29, 1.82) is 0 Å². The van der Waals surface area contributed by atoms with Gasteiger partial charge in [0.1, 0.15) is 0 Å². The van der Waals surface area contributed by atoms with Gasteiger partial charge in [-0.25, -0.2) is 0 Å². The van der Waals surface area contributed by atoms with Gasteiger partial charge in [-0.3, -0.25) is 9.59 Å². The van der Waals surface area contributed by atoms with Crippen molar-refractivity contribution in [2.24, 2.45) is 0 Å². The number of hydrogen-bond acceptors (Lipinski definition) is 5. The van der Waals surface area contributed by atoms with Crippen LogP contribution in [0.1, 0.15) is 328 Å². The lowest BCUT2D eigenvalue weighted by molar-refractivity contribution is -0.143. The highest BCUT2D eigenvalue weighted by Crippen LogP contribution is 2.18. The van der Waals surface area contributed by atoms with Gasteiger partial charge in [0.25, 0.3) is 0 Å². The third-order valence-corrected chi connectivity index (χ3v) is 13.7. The Morgan fingerprint density at radius 2 is 0.651 bits per heavy atom. The smallest absolute Gasteiger partial charge is 0.305 e. The van der Waals surface area contributed by atoms with Crippen LogP contribution in [0.3, 0.4) is 0 Å². The Bertz CT molecular complexity index is 898. The molecule has 0 spiro atoms. The molecule has 6 heteroatoms. The Morgan fingerprint density at radius 1 is 0.381 bits per heavy atom. The maximum Gasteiger partial charge on any atom is 0.305 e. The van der Waals surface area contributed by atoms with Crippen molar-refractivity contribution in [1.82, 2.24) is 5.32 Å². The molecule has 2 unspecified atom stereocenters. The van der Waals surface area contributed by atoms with Crippen LogP contribution in [0, 0.1) is 0 Å². The minimum absolute atomic E-state index is 0.0165. The van der Waals surface area contributed by atoms with Crippen LogP contribution in [0.4, 0.5) is 0 Å². The Kier molecular flexibility index (Phi) is 52.5. The minimum atomic E-state index is -0.678. The van der Waals surface area contributed by atoms with Crippen molar-refractivity contribution in [3.63, 3.8) is 0 Å². The molecule has 0 aromatic heterocycles. The molecule has 0 radical (unpaired) electrons. The molecule has 0 saturated heterocycles. The predicted molar refractivity (Wildman–Crippen MR) is 274 cm³/mol. The largest absolute Gasteiger partial charge is 0.466 e. The standard InChI is InChI=1S/C57H113NO5/c1-3-5-7-9-11-13-15-17-18-19-20-21-22-23-24-25-26-27-28-29-33-37-41-45-49-55(60)54(53-59)58-56(61)50-46-42-38-34-31-32-36-40-44-48-52-63-57(62)51-47-43-39-35-30-16-14-12-10-8-6-4-2/h54-55,59-60H,3-53H2,1-2H3,(H,58,61). The van der Waals surface area contributed by atoms with Gasteiger partial charge < -0.3 is 20.3 Å². The van der Waals surface area contributed by atoms with Gasteiger partial charge in [-0.05, 0) is 25.7 Å². The van der Waals surface area contributed by atoms with E-state index in [1.165, 1.54) is 238 Å². The molecule has 0 aliphatic rings. The van der Waals surface area contributed by atoms with E-state index in [-0.39, 0.29) is 18.5 Å². The molecule has 1 amide bonds. The van der Waals surface area contributed by atoms with Crippen LogP contribution >= 0.6 is 0 Å². The van der Waals surface area contributed by atoms with Crippen molar-refractivity contribution in [3.05, 3.63) is 0 Å². The summed E-state index contributed by atoms with van der Waals surface area (Å²) in [7, 11) is 0. The third-order valence-electron chi connectivity index (χ3n) is 13.7. The number of nitrogens with one attached hydrogen (secondary N) is 1. The summed E-state index contributed by atoms with van der Waals surface area (Å²) in [4.78, 5) is 24.5. The highest BCUT2D eigenvalue weighted by Gasteiger charge is 2.20. The maximum atomic E-state index is 12.5. The first-order chi connectivity index (χ1) is 31.0. The topological polar surface area (TPSA) is 95.9 Å². The molecule has 0 bridgehead atoms. The number of unbranched alkanes of at least 4 members (excludes halogenated alkanes) is 43. The van der Waals surface area contributed by atoms with Crippen molar-refractivity contribution < 1.29 is 24.5 Å². The molecule has 0 aliphatic heterocycles. The van der Waals surface area contributed by atoms with Crippen LogP contribution < -0.4 is 5.32 Å². The van der Waals surface area contributed by atoms with Crippen LogP contribution in [0.5, 0.6) is 0 Å². The Labute approximate surface area is 394 Å². The van der Waals surface area contributed by atoms with E-state index < -0.39 is 12.1 Å². The number of hydrogen-bond donors (Lipinski definition) is 3. The van der Waals surface area contributed by atoms with Gasteiger partial charge in [-0.2, -0.15) is 0 Å². The molecular weight excluding hydrogens is 779 g/mol. The van der Waals surface area contributed by atoms with E-state index >= 15 is 0 Å². The zero-order valence-electron chi connectivity index (χ0n) is 42.8. The van der Waals surface area contributed by atoms with Crippen LogP contribution in [0.15, 0.2) is 0 Å². The van der Waals surface area contributed by atoms with Gasteiger partial charge in [-0.15, -0.1) is 0 Å². The monoisotopic (exact) mass is 892 g/mol. The summed E-state index contributed by atoms with van der Waals surface area (Å²) < 4.78 is 5.45. The van der Waals surface area contributed by atoms with E-state index in [0.29, 0.717) is 25.9 Å². The second-order valence-electron chi connectivity index (χ2n) is 20.0. The Morgan fingerprint density at radius 3 is 0.968 bits per heavy atom. The molecule has 63 heavy (non-hydrogen) atoms. The Balaban J connectivity index is 3.45. The minimum Gasteiger partial charge on any atom is -0.466 e. The Hall–Kier alpha value is -1.14. The molecule has 0 rings (SSSR count). The van der Waals surface area contributed by atoms with E-state index in [1.807, 2.05) is 0 Å². The number of carbonyl (C=O) groups is 2. The number of aliphatic hydroxyl groups excluding tert-OH is 2. The number of esters is 1. The summed E-state index contributed by atoms with van der Waals surface area (Å²) in [6.07, 6.45) is 60.9. The average Bonchev–Trinajstić information content (AvgIpc) is 3.28. The molecule has 6 nitrogen and oxygen atoms in total. The van der Waals surface area contributed by atoms with Crippen molar-refractivity contribution in [2.75, 3.05) is 13.2 Å². The molecule has 0 saturated carbocycles. The summed E-state index contributed by atoms with van der Waals surface area (Å²) in [6, 6.07) is -0.557. The first-order valence-electron chi connectivity index (χ1n) is 28.8. The predicted octanol–water partition coefficient (Wildman–Crippen LogP) is 17.5. The molecule has 376 valence electrons. The van der Waals surface area contributed by atoms with E-state index in [9.17, 15) is 19.8 Å². The summed E-state index contributed by atoms with van der Waals surface area (Å²) >= 11 is 0. The summed E-state index contributed by atoms with van der Waals surface area (Å²) in [5, 5.41) is 23.3.